The summed E-state index contributed by atoms with van der Waals surface area (Å²) in [7, 11) is 0. The van der Waals surface area contributed by atoms with Gasteiger partial charge in [0.25, 0.3) is 0 Å². The average Bonchev–Trinajstić information content (AvgIpc) is 2.51. The van der Waals surface area contributed by atoms with Crippen LogP contribution in [0.1, 0.15) is 24.0 Å². The van der Waals surface area contributed by atoms with Gasteiger partial charge in [-0.3, -0.25) is 4.79 Å². The normalized spacial score (nSPS) is 10.5. The van der Waals surface area contributed by atoms with E-state index < -0.39 is 0 Å². The number of hydrogen-bond acceptors (Lipinski definition) is 1. The molecule has 2 aromatic carbocycles. The molecule has 0 radical (unpaired) electrons. The van der Waals surface area contributed by atoms with Crippen molar-refractivity contribution < 1.29 is 9.18 Å². The Balaban J connectivity index is 1.61. The van der Waals surface area contributed by atoms with Crippen molar-refractivity contribution in [2.75, 3.05) is 6.54 Å². The van der Waals surface area contributed by atoms with Crippen molar-refractivity contribution in [3.05, 3.63) is 70.5 Å². The van der Waals surface area contributed by atoms with Crippen LogP contribution in [0.3, 0.4) is 0 Å². The molecule has 4 heteroatoms. The number of hydrogen-bond donors (Lipinski definition) is 1. The molecule has 0 aliphatic heterocycles. The van der Waals surface area contributed by atoms with E-state index in [1.807, 2.05) is 24.3 Å². The third kappa shape index (κ3) is 5.86. The predicted molar refractivity (Wildman–Crippen MR) is 87.5 cm³/mol. The number of carbonyl (C=O) groups excluding carboxylic acids is 1. The standard InChI is InChI=1S/C18H19ClFNO/c19-16-8-4-14(5-9-16)2-1-3-18(22)21-13-12-15-6-10-17(20)11-7-15/h4-11H,1-3,12-13H2,(H,21,22). The summed E-state index contributed by atoms with van der Waals surface area (Å²) in [4.78, 5) is 11.7. The van der Waals surface area contributed by atoms with Crippen molar-refractivity contribution in [2.45, 2.75) is 25.7 Å². The second-order valence-corrected chi connectivity index (χ2v) is 5.64. The molecule has 0 saturated carbocycles. The summed E-state index contributed by atoms with van der Waals surface area (Å²) in [6.45, 7) is 0.575. The lowest BCUT2D eigenvalue weighted by Gasteiger charge is -2.06. The van der Waals surface area contributed by atoms with Crippen LogP contribution in [0.25, 0.3) is 0 Å². The largest absolute Gasteiger partial charge is 0.356 e. The smallest absolute Gasteiger partial charge is 0.220 e. The molecule has 22 heavy (non-hydrogen) atoms. The van der Waals surface area contributed by atoms with Crippen LogP contribution in [-0.2, 0) is 17.6 Å². The number of rotatable bonds is 7. The van der Waals surface area contributed by atoms with Crippen molar-refractivity contribution in [2.24, 2.45) is 0 Å². The maximum absolute atomic E-state index is 12.8. The van der Waals surface area contributed by atoms with Gasteiger partial charge in [-0.15, -0.1) is 0 Å². The van der Waals surface area contributed by atoms with Crippen molar-refractivity contribution in [3.63, 3.8) is 0 Å². The Morgan fingerprint density at radius 1 is 0.955 bits per heavy atom. The Morgan fingerprint density at radius 3 is 2.23 bits per heavy atom. The molecule has 0 heterocycles. The van der Waals surface area contributed by atoms with Crippen molar-refractivity contribution in [1.29, 1.82) is 0 Å². The second-order valence-electron chi connectivity index (χ2n) is 5.21. The van der Waals surface area contributed by atoms with E-state index in [2.05, 4.69) is 5.32 Å². The SMILES string of the molecule is O=C(CCCc1ccc(Cl)cc1)NCCc1ccc(F)cc1. The molecular formula is C18H19ClFNO. The fraction of sp³-hybridized carbons (Fsp3) is 0.278. The summed E-state index contributed by atoms with van der Waals surface area (Å²) in [5.41, 5.74) is 2.20. The van der Waals surface area contributed by atoms with Gasteiger partial charge in [0.2, 0.25) is 5.91 Å². The zero-order valence-electron chi connectivity index (χ0n) is 12.3. The molecule has 0 fully saturated rings. The van der Waals surface area contributed by atoms with Crippen molar-refractivity contribution >= 4 is 17.5 Å². The van der Waals surface area contributed by atoms with Gasteiger partial charge in [0.1, 0.15) is 5.82 Å². The van der Waals surface area contributed by atoms with E-state index in [4.69, 9.17) is 11.6 Å². The second kappa shape index (κ2) is 8.54. The Bertz CT molecular complexity index is 542. The maximum Gasteiger partial charge on any atom is 0.220 e. The molecule has 2 nitrogen and oxygen atoms in total. The van der Waals surface area contributed by atoms with Gasteiger partial charge in [0.05, 0.1) is 0 Å². The van der Waals surface area contributed by atoms with Crippen LogP contribution < -0.4 is 5.32 Å². The van der Waals surface area contributed by atoms with Crippen LogP contribution >= 0.6 is 11.6 Å². The molecular weight excluding hydrogens is 301 g/mol. The highest BCUT2D eigenvalue weighted by Crippen LogP contribution is 2.11. The molecule has 2 aromatic rings. The van der Waals surface area contributed by atoms with Crippen molar-refractivity contribution in [3.8, 4) is 0 Å². The topological polar surface area (TPSA) is 29.1 Å². The molecule has 0 unspecified atom stereocenters. The van der Waals surface area contributed by atoms with Crippen LogP contribution in [0.2, 0.25) is 5.02 Å². The Morgan fingerprint density at radius 2 is 1.55 bits per heavy atom. The summed E-state index contributed by atoms with van der Waals surface area (Å²) in [6, 6.07) is 14.0. The van der Waals surface area contributed by atoms with Gasteiger partial charge in [0, 0.05) is 18.0 Å². The van der Waals surface area contributed by atoms with E-state index in [0.717, 1.165) is 23.4 Å². The fourth-order valence-electron chi connectivity index (χ4n) is 2.19. The summed E-state index contributed by atoms with van der Waals surface area (Å²) in [6.07, 6.45) is 2.89. The highest BCUT2D eigenvalue weighted by atomic mass is 35.5. The molecule has 1 N–H and O–H groups in total. The first kappa shape index (κ1) is 16.5. The van der Waals surface area contributed by atoms with Gasteiger partial charge >= 0.3 is 0 Å². The molecule has 1 amide bonds. The lowest BCUT2D eigenvalue weighted by atomic mass is 10.1. The first-order valence-electron chi connectivity index (χ1n) is 7.39. The molecule has 0 bridgehead atoms. The third-order valence-electron chi connectivity index (χ3n) is 3.43. The van der Waals surface area contributed by atoms with E-state index in [1.165, 1.54) is 17.7 Å². The van der Waals surface area contributed by atoms with E-state index in [1.54, 1.807) is 12.1 Å². The maximum atomic E-state index is 12.8. The predicted octanol–water partition coefficient (Wildman–Crippen LogP) is 4.16. The molecule has 116 valence electrons. The molecule has 0 aliphatic carbocycles. The summed E-state index contributed by atoms with van der Waals surface area (Å²) in [5.74, 6) is -0.189. The van der Waals surface area contributed by atoms with Gasteiger partial charge in [-0.05, 0) is 54.7 Å². The van der Waals surface area contributed by atoms with Gasteiger partial charge in [0.15, 0.2) is 0 Å². The summed E-state index contributed by atoms with van der Waals surface area (Å²) >= 11 is 5.83. The van der Waals surface area contributed by atoms with Crippen molar-refractivity contribution in [1.82, 2.24) is 5.32 Å². The first-order valence-corrected chi connectivity index (χ1v) is 7.77. The molecule has 0 atom stereocenters. The molecule has 0 aliphatic rings. The summed E-state index contributed by atoms with van der Waals surface area (Å²) in [5, 5.41) is 3.61. The van der Waals surface area contributed by atoms with Crippen LogP contribution in [-0.4, -0.2) is 12.5 Å². The number of nitrogens with one attached hydrogen (secondary N) is 1. The number of halogens is 2. The fourth-order valence-corrected chi connectivity index (χ4v) is 2.32. The zero-order chi connectivity index (χ0) is 15.8. The van der Waals surface area contributed by atoms with E-state index in [0.29, 0.717) is 19.4 Å². The minimum Gasteiger partial charge on any atom is -0.356 e. The Labute approximate surface area is 135 Å². The Kier molecular flexibility index (Phi) is 6.41. The lowest BCUT2D eigenvalue weighted by molar-refractivity contribution is -0.121. The minimum absolute atomic E-state index is 0.0519. The Hall–Kier alpha value is -1.87. The third-order valence-corrected chi connectivity index (χ3v) is 3.68. The van der Waals surface area contributed by atoms with E-state index in [9.17, 15) is 9.18 Å². The quantitative estimate of drug-likeness (QED) is 0.815. The number of aryl methyl sites for hydroxylation is 1. The molecule has 2 rings (SSSR count). The van der Waals surface area contributed by atoms with Gasteiger partial charge < -0.3 is 5.32 Å². The van der Waals surface area contributed by atoms with E-state index >= 15 is 0 Å². The highest BCUT2D eigenvalue weighted by Gasteiger charge is 2.02. The van der Waals surface area contributed by atoms with Crippen LogP contribution in [0, 0.1) is 5.82 Å². The lowest BCUT2D eigenvalue weighted by Crippen LogP contribution is -2.25. The molecule has 0 saturated heterocycles. The average molecular weight is 320 g/mol. The molecule has 0 spiro atoms. The highest BCUT2D eigenvalue weighted by molar-refractivity contribution is 6.30. The van der Waals surface area contributed by atoms with E-state index in [-0.39, 0.29) is 11.7 Å². The zero-order valence-corrected chi connectivity index (χ0v) is 13.1. The van der Waals surface area contributed by atoms with Gasteiger partial charge in [-0.25, -0.2) is 4.39 Å². The van der Waals surface area contributed by atoms with Gasteiger partial charge in [-0.1, -0.05) is 35.9 Å². The van der Waals surface area contributed by atoms with Crippen LogP contribution in [0.4, 0.5) is 4.39 Å². The number of amides is 1. The van der Waals surface area contributed by atoms with Gasteiger partial charge in [-0.2, -0.15) is 0 Å². The number of carbonyl (C=O) groups is 1. The number of benzene rings is 2. The van der Waals surface area contributed by atoms with Crippen LogP contribution in [0.5, 0.6) is 0 Å². The monoisotopic (exact) mass is 319 g/mol. The van der Waals surface area contributed by atoms with Crippen LogP contribution in [0.15, 0.2) is 48.5 Å². The molecule has 0 aromatic heterocycles. The minimum atomic E-state index is -0.241. The first-order chi connectivity index (χ1) is 10.6. The summed E-state index contributed by atoms with van der Waals surface area (Å²) < 4.78 is 12.8.